The SMILES string of the molecule is O=COC1(c2ccc(-c3ccc(Cl)c(Cl)c3)c(F)c2)CC1. The third kappa shape index (κ3) is 2.63. The van der Waals surface area contributed by atoms with Gasteiger partial charge in [0.05, 0.1) is 10.0 Å². The molecule has 2 aromatic rings. The van der Waals surface area contributed by atoms with Crippen LogP contribution < -0.4 is 0 Å². The van der Waals surface area contributed by atoms with Crippen LogP contribution in [0.2, 0.25) is 10.0 Å². The highest BCUT2D eigenvalue weighted by atomic mass is 35.5. The quantitative estimate of drug-likeness (QED) is 0.743. The summed E-state index contributed by atoms with van der Waals surface area (Å²) in [6.45, 7) is 0.414. The van der Waals surface area contributed by atoms with Crippen molar-refractivity contribution in [3.05, 3.63) is 57.8 Å². The first-order valence-electron chi connectivity index (χ1n) is 6.43. The Bertz CT molecular complexity index is 711. The highest BCUT2D eigenvalue weighted by Gasteiger charge is 2.47. The fraction of sp³-hybridized carbons (Fsp3) is 0.188. The van der Waals surface area contributed by atoms with Crippen LogP contribution in [0.3, 0.4) is 0 Å². The number of carbonyl (C=O) groups is 1. The molecule has 1 aliphatic carbocycles. The number of halogens is 3. The van der Waals surface area contributed by atoms with E-state index in [0.717, 1.165) is 12.8 Å². The van der Waals surface area contributed by atoms with E-state index in [0.29, 0.717) is 33.2 Å². The van der Waals surface area contributed by atoms with Gasteiger partial charge in [-0.05, 0) is 42.2 Å². The average Bonchev–Trinajstić information content (AvgIpc) is 3.23. The summed E-state index contributed by atoms with van der Waals surface area (Å²) in [5.41, 5.74) is 1.11. The van der Waals surface area contributed by atoms with Gasteiger partial charge in [-0.3, -0.25) is 4.79 Å². The summed E-state index contributed by atoms with van der Waals surface area (Å²) in [7, 11) is 0. The van der Waals surface area contributed by atoms with Gasteiger partial charge in [0.15, 0.2) is 0 Å². The van der Waals surface area contributed by atoms with Crippen LogP contribution in [0.25, 0.3) is 11.1 Å². The highest BCUT2D eigenvalue weighted by molar-refractivity contribution is 6.42. The summed E-state index contributed by atoms with van der Waals surface area (Å²) in [4.78, 5) is 10.5. The Labute approximate surface area is 131 Å². The van der Waals surface area contributed by atoms with Crippen LogP contribution in [0.5, 0.6) is 0 Å². The van der Waals surface area contributed by atoms with Crippen molar-refractivity contribution >= 4 is 29.7 Å². The summed E-state index contributed by atoms with van der Waals surface area (Å²) in [5, 5.41) is 0.800. The van der Waals surface area contributed by atoms with E-state index >= 15 is 0 Å². The molecule has 0 radical (unpaired) electrons. The van der Waals surface area contributed by atoms with Crippen molar-refractivity contribution in [2.24, 2.45) is 0 Å². The summed E-state index contributed by atoms with van der Waals surface area (Å²) >= 11 is 11.8. The first-order valence-corrected chi connectivity index (χ1v) is 7.18. The smallest absolute Gasteiger partial charge is 0.293 e. The maximum Gasteiger partial charge on any atom is 0.293 e. The van der Waals surface area contributed by atoms with Gasteiger partial charge in [-0.15, -0.1) is 0 Å². The molecule has 3 rings (SSSR count). The molecule has 0 heterocycles. The maximum atomic E-state index is 14.3. The average molecular weight is 325 g/mol. The minimum Gasteiger partial charge on any atom is -0.456 e. The highest BCUT2D eigenvalue weighted by Crippen LogP contribution is 2.49. The molecule has 5 heteroatoms. The van der Waals surface area contributed by atoms with E-state index < -0.39 is 5.60 Å². The van der Waals surface area contributed by atoms with Crippen molar-refractivity contribution in [1.29, 1.82) is 0 Å². The maximum absolute atomic E-state index is 14.3. The van der Waals surface area contributed by atoms with Gasteiger partial charge in [-0.25, -0.2) is 4.39 Å². The van der Waals surface area contributed by atoms with Crippen LogP contribution in [0.4, 0.5) is 4.39 Å². The van der Waals surface area contributed by atoms with E-state index in [9.17, 15) is 9.18 Å². The molecule has 0 saturated heterocycles. The summed E-state index contributed by atoms with van der Waals surface area (Å²) in [5.74, 6) is -0.383. The van der Waals surface area contributed by atoms with Crippen LogP contribution in [0.1, 0.15) is 18.4 Å². The Balaban J connectivity index is 1.98. The minimum atomic E-state index is -0.640. The van der Waals surface area contributed by atoms with E-state index in [1.165, 1.54) is 6.07 Å². The number of carbonyl (C=O) groups excluding carboxylic acids is 1. The van der Waals surface area contributed by atoms with Crippen LogP contribution in [0, 0.1) is 5.82 Å². The molecule has 1 saturated carbocycles. The van der Waals surface area contributed by atoms with E-state index in [-0.39, 0.29) is 5.82 Å². The molecule has 2 aromatic carbocycles. The molecule has 1 aliphatic rings. The van der Waals surface area contributed by atoms with E-state index in [1.54, 1.807) is 30.3 Å². The molecular weight excluding hydrogens is 314 g/mol. The van der Waals surface area contributed by atoms with Gasteiger partial charge in [0, 0.05) is 5.56 Å². The Morgan fingerprint density at radius 2 is 1.86 bits per heavy atom. The van der Waals surface area contributed by atoms with Crippen LogP contribution in [-0.4, -0.2) is 6.47 Å². The Hall–Kier alpha value is -1.58. The second kappa shape index (κ2) is 5.32. The molecule has 1 fully saturated rings. The zero-order chi connectivity index (χ0) is 15.0. The predicted octanol–water partition coefficient (Wildman–Crippen LogP) is 4.96. The largest absolute Gasteiger partial charge is 0.456 e. The molecule has 0 N–H and O–H groups in total. The lowest BCUT2D eigenvalue weighted by Gasteiger charge is -2.15. The van der Waals surface area contributed by atoms with Crippen molar-refractivity contribution in [2.45, 2.75) is 18.4 Å². The fourth-order valence-electron chi connectivity index (χ4n) is 2.38. The first kappa shape index (κ1) is 14.4. The number of hydrogen-bond donors (Lipinski definition) is 0. The van der Waals surface area contributed by atoms with Crippen molar-refractivity contribution in [3.8, 4) is 11.1 Å². The Morgan fingerprint density at radius 1 is 1.10 bits per heavy atom. The van der Waals surface area contributed by atoms with Gasteiger partial charge in [0.25, 0.3) is 6.47 Å². The molecule has 0 atom stereocenters. The lowest BCUT2D eigenvalue weighted by molar-refractivity contribution is -0.136. The molecule has 0 aliphatic heterocycles. The van der Waals surface area contributed by atoms with Gasteiger partial charge in [-0.1, -0.05) is 41.4 Å². The molecular formula is C16H11Cl2FO2. The van der Waals surface area contributed by atoms with E-state index in [2.05, 4.69) is 0 Å². The Kier molecular flexibility index (Phi) is 3.64. The second-order valence-electron chi connectivity index (χ2n) is 5.03. The van der Waals surface area contributed by atoms with Crippen molar-refractivity contribution in [2.75, 3.05) is 0 Å². The molecule has 0 amide bonds. The van der Waals surface area contributed by atoms with Crippen molar-refractivity contribution in [1.82, 2.24) is 0 Å². The lowest BCUT2D eigenvalue weighted by Crippen LogP contribution is -2.11. The normalized spacial score (nSPS) is 15.6. The van der Waals surface area contributed by atoms with Gasteiger partial charge in [0.1, 0.15) is 11.4 Å². The van der Waals surface area contributed by atoms with Crippen LogP contribution >= 0.6 is 23.2 Å². The summed E-state index contributed by atoms with van der Waals surface area (Å²) in [6, 6.07) is 9.81. The number of benzene rings is 2. The lowest BCUT2D eigenvalue weighted by atomic mass is 10.00. The monoisotopic (exact) mass is 324 g/mol. The molecule has 0 bridgehead atoms. The molecule has 0 aromatic heterocycles. The number of rotatable bonds is 4. The number of hydrogen-bond acceptors (Lipinski definition) is 2. The molecule has 2 nitrogen and oxygen atoms in total. The van der Waals surface area contributed by atoms with Crippen LogP contribution in [0.15, 0.2) is 36.4 Å². The molecule has 0 unspecified atom stereocenters. The molecule has 108 valence electrons. The van der Waals surface area contributed by atoms with E-state index in [1.807, 2.05) is 0 Å². The van der Waals surface area contributed by atoms with Gasteiger partial charge in [-0.2, -0.15) is 0 Å². The second-order valence-corrected chi connectivity index (χ2v) is 5.85. The van der Waals surface area contributed by atoms with E-state index in [4.69, 9.17) is 27.9 Å². The summed E-state index contributed by atoms with van der Waals surface area (Å²) in [6.07, 6.45) is 1.44. The van der Waals surface area contributed by atoms with Gasteiger partial charge >= 0.3 is 0 Å². The topological polar surface area (TPSA) is 26.3 Å². The third-order valence-corrected chi connectivity index (χ3v) is 4.44. The predicted molar refractivity (Wildman–Crippen MR) is 79.9 cm³/mol. The molecule has 0 spiro atoms. The zero-order valence-corrected chi connectivity index (χ0v) is 12.4. The fourth-order valence-corrected chi connectivity index (χ4v) is 2.67. The standard InChI is InChI=1S/C16H11Cl2FO2/c17-13-4-1-10(7-14(13)18)12-3-2-11(8-15(12)19)16(5-6-16)21-9-20/h1-4,7-9H,5-6H2. The molecule has 21 heavy (non-hydrogen) atoms. The van der Waals surface area contributed by atoms with Gasteiger partial charge in [0.2, 0.25) is 0 Å². The Morgan fingerprint density at radius 3 is 2.43 bits per heavy atom. The third-order valence-electron chi connectivity index (χ3n) is 3.70. The van der Waals surface area contributed by atoms with Crippen LogP contribution in [-0.2, 0) is 15.1 Å². The first-order chi connectivity index (χ1) is 10.1. The van der Waals surface area contributed by atoms with Gasteiger partial charge < -0.3 is 4.74 Å². The van der Waals surface area contributed by atoms with Crippen molar-refractivity contribution < 1.29 is 13.9 Å². The van der Waals surface area contributed by atoms with Crippen molar-refractivity contribution in [3.63, 3.8) is 0 Å². The summed E-state index contributed by atoms with van der Waals surface area (Å²) < 4.78 is 19.4. The minimum absolute atomic E-state index is 0.376. The number of ether oxygens (including phenoxy) is 1. The zero-order valence-electron chi connectivity index (χ0n) is 10.9.